The van der Waals surface area contributed by atoms with Gasteiger partial charge in [-0.25, -0.2) is 0 Å². The topological polar surface area (TPSA) is 86.7 Å². The van der Waals surface area contributed by atoms with Crippen LogP contribution in [0, 0.1) is 17.8 Å². The molecule has 2 N–H and O–H groups in total. The van der Waals surface area contributed by atoms with Gasteiger partial charge in [0.05, 0.1) is 17.4 Å². The third kappa shape index (κ3) is 3.94. The zero-order valence-corrected chi connectivity index (χ0v) is 18.7. The van der Waals surface area contributed by atoms with E-state index in [4.69, 9.17) is 0 Å². The van der Waals surface area contributed by atoms with Crippen molar-refractivity contribution in [1.82, 2.24) is 10.2 Å². The Morgan fingerprint density at radius 2 is 1.85 bits per heavy atom. The van der Waals surface area contributed by atoms with Gasteiger partial charge in [0.15, 0.2) is 0 Å². The number of likely N-dealkylation sites (tertiary alicyclic amines) is 1. The molecule has 2 amide bonds. The molecule has 0 radical (unpaired) electrons. The molecule has 4 unspecified atom stereocenters. The molecule has 1 aromatic rings. The van der Waals surface area contributed by atoms with Gasteiger partial charge in [-0.2, -0.15) is 13.2 Å². The van der Waals surface area contributed by atoms with Crippen molar-refractivity contribution in [2.24, 2.45) is 17.8 Å². The Morgan fingerprint density at radius 3 is 2.42 bits per heavy atom. The Labute approximate surface area is 190 Å². The van der Waals surface area contributed by atoms with Crippen molar-refractivity contribution in [2.75, 3.05) is 0 Å². The molecule has 180 valence electrons. The number of carboxylic acids is 1. The van der Waals surface area contributed by atoms with E-state index in [0.717, 1.165) is 31.4 Å². The molecule has 2 saturated heterocycles. The lowest BCUT2D eigenvalue weighted by atomic mass is 9.75. The number of carbonyl (C=O) groups is 3. The van der Waals surface area contributed by atoms with E-state index >= 15 is 0 Å². The summed E-state index contributed by atoms with van der Waals surface area (Å²) in [6.07, 6.45) is -0.396. The van der Waals surface area contributed by atoms with Crippen LogP contribution in [0.1, 0.15) is 69.5 Å². The van der Waals surface area contributed by atoms with Gasteiger partial charge in [-0.3, -0.25) is 24.6 Å². The first-order valence-electron chi connectivity index (χ1n) is 11.5. The number of aliphatic carboxylic acids is 1. The molecule has 3 aliphatic rings. The van der Waals surface area contributed by atoms with E-state index in [1.54, 1.807) is 0 Å². The molecule has 4 atom stereocenters. The molecular weight excluding hydrogens is 437 g/mol. The van der Waals surface area contributed by atoms with Crippen molar-refractivity contribution in [3.63, 3.8) is 0 Å². The number of nitrogens with one attached hydrogen (secondary N) is 1. The molecule has 0 spiro atoms. The van der Waals surface area contributed by atoms with Gasteiger partial charge in [0.2, 0.25) is 11.8 Å². The number of hydrogen-bond acceptors (Lipinski definition) is 4. The summed E-state index contributed by atoms with van der Waals surface area (Å²) >= 11 is 0. The number of fused-ring (bicyclic) bond motifs is 1. The number of rotatable bonds is 5. The Kier molecular flexibility index (Phi) is 6.05. The standard InChI is InChI=1S/C24H29F3N2O4/c1-13(2)12-23(22(32)33)18-17(20(30)29(21(18)31)16-9-4-3-5-10-16)19(28-23)14-7-6-8-15(11-14)24(25,26)27/h6-8,11,13,16-19,28H,3-5,9-10,12H2,1-2H3,(H,32,33). The Bertz CT molecular complexity index is 957. The second kappa shape index (κ2) is 8.42. The van der Waals surface area contributed by atoms with Gasteiger partial charge in [-0.05, 0) is 42.9 Å². The highest BCUT2D eigenvalue weighted by Gasteiger charge is 2.69. The Morgan fingerprint density at radius 1 is 1.18 bits per heavy atom. The molecule has 1 saturated carbocycles. The predicted molar refractivity (Wildman–Crippen MR) is 113 cm³/mol. The molecule has 3 fully saturated rings. The molecule has 6 nitrogen and oxygen atoms in total. The van der Waals surface area contributed by atoms with Gasteiger partial charge in [-0.1, -0.05) is 45.2 Å². The highest BCUT2D eigenvalue weighted by molar-refractivity contribution is 6.09. The van der Waals surface area contributed by atoms with Crippen molar-refractivity contribution < 1.29 is 32.7 Å². The summed E-state index contributed by atoms with van der Waals surface area (Å²) in [5.74, 6) is -4.58. The summed E-state index contributed by atoms with van der Waals surface area (Å²) in [6.45, 7) is 3.64. The van der Waals surface area contributed by atoms with Gasteiger partial charge in [0, 0.05) is 12.1 Å². The smallest absolute Gasteiger partial charge is 0.416 e. The van der Waals surface area contributed by atoms with Crippen molar-refractivity contribution in [3.8, 4) is 0 Å². The largest absolute Gasteiger partial charge is 0.480 e. The number of benzene rings is 1. The van der Waals surface area contributed by atoms with Gasteiger partial charge in [0.25, 0.3) is 0 Å². The van der Waals surface area contributed by atoms with Crippen LogP contribution in [0.25, 0.3) is 0 Å². The van der Waals surface area contributed by atoms with Crippen LogP contribution in [0.3, 0.4) is 0 Å². The van der Waals surface area contributed by atoms with Crippen LogP contribution in [-0.4, -0.2) is 39.4 Å². The molecular formula is C24H29F3N2O4. The minimum atomic E-state index is -4.58. The fourth-order valence-corrected chi connectivity index (χ4v) is 6.03. The molecule has 2 heterocycles. The molecule has 0 bridgehead atoms. The van der Waals surface area contributed by atoms with Gasteiger partial charge in [0.1, 0.15) is 5.54 Å². The van der Waals surface area contributed by atoms with Crippen LogP contribution in [-0.2, 0) is 20.6 Å². The van der Waals surface area contributed by atoms with E-state index in [2.05, 4.69) is 5.32 Å². The van der Waals surface area contributed by atoms with Crippen LogP contribution in [0.4, 0.5) is 13.2 Å². The van der Waals surface area contributed by atoms with E-state index in [-0.39, 0.29) is 23.9 Å². The fourth-order valence-electron chi connectivity index (χ4n) is 6.03. The molecule has 1 aromatic carbocycles. The van der Waals surface area contributed by atoms with Crippen molar-refractivity contribution in [3.05, 3.63) is 35.4 Å². The van der Waals surface area contributed by atoms with Crippen molar-refractivity contribution in [1.29, 1.82) is 0 Å². The summed E-state index contributed by atoms with van der Waals surface area (Å²) in [5, 5.41) is 13.3. The highest BCUT2D eigenvalue weighted by atomic mass is 19.4. The minimum absolute atomic E-state index is 0.0798. The molecule has 1 aliphatic carbocycles. The lowest BCUT2D eigenvalue weighted by Crippen LogP contribution is -2.57. The zero-order valence-electron chi connectivity index (χ0n) is 18.7. The number of amides is 2. The first-order valence-corrected chi connectivity index (χ1v) is 11.5. The molecule has 33 heavy (non-hydrogen) atoms. The monoisotopic (exact) mass is 466 g/mol. The van der Waals surface area contributed by atoms with Crippen molar-refractivity contribution >= 4 is 17.8 Å². The van der Waals surface area contributed by atoms with Crippen LogP contribution in [0.5, 0.6) is 0 Å². The molecule has 4 rings (SSSR count). The second-order valence-corrected chi connectivity index (χ2v) is 9.96. The SMILES string of the molecule is CC(C)CC1(C(=O)O)NC(c2cccc(C(F)(F)F)c2)C2C(=O)N(C3CCCCC3)C(=O)C21. The predicted octanol–water partition coefficient (Wildman–Crippen LogP) is 4.15. The lowest BCUT2D eigenvalue weighted by Gasteiger charge is -2.35. The maximum atomic E-state index is 13.6. The van der Waals surface area contributed by atoms with E-state index in [1.165, 1.54) is 17.0 Å². The molecule has 0 aromatic heterocycles. The van der Waals surface area contributed by atoms with E-state index in [1.807, 2.05) is 13.8 Å². The molecule has 2 aliphatic heterocycles. The summed E-state index contributed by atoms with van der Waals surface area (Å²) in [6, 6.07) is 3.30. The zero-order chi connectivity index (χ0) is 24.1. The maximum Gasteiger partial charge on any atom is 0.416 e. The summed E-state index contributed by atoms with van der Waals surface area (Å²) < 4.78 is 40.1. The average molecular weight is 467 g/mol. The number of halogens is 3. The van der Waals surface area contributed by atoms with Crippen LogP contribution >= 0.6 is 0 Å². The van der Waals surface area contributed by atoms with Gasteiger partial charge in [-0.15, -0.1) is 0 Å². The molecule has 9 heteroatoms. The van der Waals surface area contributed by atoms with Crippen LogP contribution < -0.4 is 5.32 Å². The third-order valence-electron chi connectivity index (χ3n) is 7.31. The Balaban J connectivity index is 1.82. The quantitative estimate of drug-likeness (QED) is 0.637. The van der Waals surface area contributed by atoms with E-state index < -0.39 is 52.9 Å². The van der Waals surface area contributed by atoms with Gasteiger partial charge >= 0.3 is 12.1 Å². The van der Waals surface area contributed by atoms with Crippen LogP contribution in [0.2, 0.25) is 0 Å². The third-order valence-corrected chi connectivity index (χ3v) is 7.31. The number of carboxylic acid groups (broad SMARTS) is 1. The first-order chi connectivity index (χ1) is 15.5. The first kappa shape index (κ1) is 23.7. The average Bonchev–Trinajstić information content (AvgIpc) is 3.22. The fraction of sp³-hybridized carbons (Fsp3) is 0.625. The minimum Gasteiger partial charge on any atom is -0.480 e. The number of nitrogens with zero attached hydrogens (tertiary/aromatic N) is 1. The van der Waals surface area contributed by atoms with E-state index in [9.17, 15) is 32.7 Å². The van der Waals surface area contributed by atoms with Gasteiger partial charge < -0.3 is 5.11 Å². The number of carbonyl (C=O) groups excluding carboxylic acids is 2. The van der Waals surface area contributed by atoms with Crippen molar-refractivity contribution in [2.45, 2.75) is 76.2 Å². The second-order valence-electron chi connectivity index (χ2n) is 9.96. The maximum absolute atomic E-state index is 13.6. The Hall–Kier alpha value is -2.42. The summed E-state index contributed by atoms with van der Waals surface area (Å²) in [5.41, 5.74) is -2.44. The highest BCUT2D eigenvalue weighted by Crippen LogP contribution is 2.52. The normalized spacial score (nSPS) is 30.8. The number of hydrogen-bond donors (Lipinski definition) is 2. The number of imide groups is 1. The lowest BCUT2D eigenvalue weighted by molar-refractivity contribution is -0.153. The summed E-state index contributed by atoms with van der Waals surface area (Å²) in [7, 11) is 0. The van der Waals surface area contributed by atoms with E-state index in [0.29, 0.717) is 12.8 Å². The summed E-state index contributed by atoms with van der Waals surface area (Å²) in [4.78, 5) is 41.1. The van der Waals surface area contributed by atoms with Crippen LogP contribution in [0.15, 0.2) is 24.3 Å². The number of alkyl halides is 3.